The van der Waals surface area contributed by atoms with Gasteiger partial charge in [0.05, 0.1) is 25.4 Å². The van der Waals surface area contributed by atoms with Gasteiger partial charge in [0.1, 0.15) is 11.6 Å². The zero-order valence-corrected chi connectivity index (χ0v) is 11.5. The van der Waals surface area contributed by atoms with E-state index >= 15 is 0 Å². The van der Waals surface area contributed by atoms with Crippen LogP contribution in [0, 0.1) is 5.95 Å². The van der Waals surface area contributed by atoms with Gasteiger partial charge in [0.2, 0.25) is 11.9 Å². The molecule has 1 aromatic heterocycles. The average molecular weight is 290 g/mol. The fourth-order valence-corrected chi connectivity index (χ4v) is 1.55. The van der Waals surface area contributed by atoms with E-state index in [1.54, 1.807) is 31.3 Å². The van der Waals surface area contributed by atoms with Gasteiger partial charge in [-0.1, -0.05) is 0 Å². The van der Waals surface area contributed by atoms with Gasteiger partial charge in [-0.15, -0.1) is 0 Å². The Morgan fingerprint density at radius 2 is 2.00 bits per heavy atom. The van der Waals surface area contributed by atoms with Crippen molar-refractivity contribution in [2.24, 2.45) is 0 Å². The Bertz CT molecular complexity index is 587. The first kappa shape index (κ1) is 14.7. The van der Waals surface area contributed by atoms with E-state index in [0.29, 0.717) is 24.6 Å². The number of carbonyl (C=O) groups excluding carboxylic acids is 1. The summed E-state index contributed by atoms with van der Waals surface area (Å²) < 4.78 is 18.1. The Hall–Kier alpha value is -2.70. The summed E-state index contributed by atoms with van der Waals surface area (Å²) in [6.07, 6.45) is 2.66. The second-order valence-corrected chi connectivity index (χ2v) is 4.15. The summed E-state index contributed by atoms with van der Waals surface area (Å²) >= 11 is 0. The number of aromatic nitrogens is 2. The van der Waals surface area contributed by atoms with Crippen molar-refractivity contribution in [3.05, 3.63) is 42.6 Å². The molecule has 0 saturated carbocycles. The van der Waals surface area contributed by atoms with Gasteiger partial charge in [-0.05, 0) is 24.3 Å². The molecule has 0 aliphatic rings. The van der Waals surface area contributed by atoms with Crippen molar-refractivity contribution in [1.29, 1.82) is 0 Å². The number of carbonyl (C=O) groups is 1. The molecule has 0 spiro atoms. The molecule has 1 heterocycles. The van der Waals surface area contributed by atoms with Crippen LogP contribution < -0.4 is 15.4 Å². The van der Waals surface area contributed by atoms with E-state index in [9.17, 15) is 9.18 Å². The Kier molecular flexibility index (Phi) is 5.03. The molecule has 110 valence electrons. The molecule has 1 amide bonds. The summed E-state index contributed by atoms with van der Waals surface area (Å²) in [7, 11) is 1.58. The summed E-state index contributed by atoms with van der Waals surface area (Å²) in [5, 5.41) is 5.50. The largest absolute Gasteiger partial charge is 0.493 e. The summed E-state index contributed by atoms with van der Waals surface area (Å²) in [6, 6.07) is 7.12. The highest BCUT2D eigenvalue weighted by Gasteiger charge is 2.01. The lowest BCUT2D eigenvalue weighted by molar-refractivity contribution is -0.121. The highest BCUT2D eigenvalue weighted by atomic mass is 19.1. The van der Waals surface area contributed by atoms with Gasteiger partial charge in [-0.25, -0.2) is 9.97 Å². The van der Waals surface area contributed by atoms with E-state index in [1.165, 1.54) is 6.20 Å². The molecule has 7 heteroatoms. The number of nitrogens with zero attached hydrogens (tertiary/aromatic N) is 2. The topological polar surface area (TPSA) is 76.1 Å². The van der Waals surface area contributed by atoms with Crippen molar-refractivity contribution < 1.29 is 13.9 Å². The first-order valence-corrected chi connectivity index (χ1v) is 6.35. The van der Waals surface area contributed by atoms with Crippen LogP contribution in [0.2, 0.25) is 0 Å². The molecule has 0 fully saturated rings. The molecule has 1 aromatic carbocycles. The number of hydrogen-bond acceptors (Lipinski definition) is 5. The van der Waals surface area contributed by atoms with Crippen LogP contribution in [0.25, 0.3) is 0 Å². The van der Waals surface area contributed by atoms with Crippen molar-refractivity contribution in [2.45, 2.75) is 6.42 Å². The van der Waals surface area contributed by atoms with Gasteiger partial charge in [0.15, 0.2) is 0 Å². The summed E-state index contributed by atoms with van der Waals surface area (Å²) in [5.41, 5.74) is 0.773. The molecule has 2 rings (SSSR count). The van der Waals surface area contributed by atoms with Gasteiger partial charge < -0.3 is 15.4 Å². The molecule has 2 aromatic rings. The Morgan fingerprint density at radius 3 is 2.62 bits per heavy atom. The maximum atomic E-state index is 12.6. The van der Waals surface area contributed by atoms with E-state index < -0.39 is 5.95 Å². The quantitative estimate of drug-likeness (QED) is 0.849. The minimum atomic E-state index is -0.625. The molecule has 0 aliphatic carbocycles. The molecule has 0 aliphatic heterocycles. The number of amides is 1. The highest BCUT2D eigenvalue weighted by molar-refractivity contribution is 5.75. The van der Waals surface area contributed by atoms with Crippen molar-refractivity contribution in [3.63, 3.8) is 0 Å². The molecule has 2 N–H and O–H groups in total. The first-order chi connectivity index (χ1) is 10.2. The number of anilines is 2. The van der Waals surface area contributed by atoms with Crippen LogP contribution in [0.1, 0.15) is 6.42 Å². The fourth-order valence-electron chi connectivity index (χ4n) is 1.55. The van der Waals surface area contributed by atoms with Crippen molar-refractivity contribution in [1.82, 2.24) is 15.3 Å². The van der Waals surface area contributed by atoms with Crippen LogP contribution in [0.4, 0.5) is 15.9 Å². The number of hydrogen-bond donors (Lipinski definition) is 2. The van der Waals surface area contributed by atoms with Crippen LogP contribution in [-0.2, 0) is 4.79 Å². The van der Waals surface area contributed by atoms with Crippen LogP contribution in [-0.4, -0.2) is 29.5 Å². The van der Waals surface area contributed by atoms with Crippen molar-refractivity contribution in [3.8, 4) is 5.75 Å². The SMILES string of the molecule is CNC(=O)CCOc1ccc(Nc2cnc(F)cn2)cc1. The molecule has 0 bridgehead atoms. The van der Waals surface area contributed by atoms with Crippen LogP contribution in [0.3, 0.4) is 0 Å². The zero-order chi connectivity index (χ0) is 15.1. The smallest absolute Gasteiger partial charge is 0.231 e. The third-order valence-corrected chi connectivity index (χ3v) is 2.62. The van der Waals surface area contributed by atoms with Gasteiger partial charge in [0.25, 0.3) is 0 Å². The molecule has 0 unspecified atom stereocenters. The summed E-state index contributed by atoms with van der Waals surface area (Å²) in [4.78, 5) is 18.4. The molecular formula is C14H15FN4O2. The molecular weight excluding hydrogens is 275 g/mol. The maximum absolute atomic E-state index is 12.6. The van der Waals surface area contributed by atoms with Gasteiger partial charge in [-0.3, -0.25) is 4.79 Å². The standard InChI is InChI=1S/C14H15FN4O2/c1-16-14(20)6-7-21-11-4-2-10(3-5-11)19-13-9-17-12(15)8-18-13/h2-5,8-9H,6-7H2,1H3,(H,16,20)(H,18,19). The number of ether oxygens (including phenoxy) is 1. The molecule has 21 heavy (non-hydrogen) atoms. The Labute approximate surface area is 121 Å². The van der Waals surface area contributed by atoms with Crippen molar-refractivity contribution in [2.75, 3.05) is 19.0 Å². The van der Waals surface area contributed by atoms with Crippen molar-refractivity contribution >= 4 is 17.4 Å². The van der Waals surface area contributed by atoms with Gasteiger partial charge in [0, 0.05) is 12.7 Å². The van der Waals surface area contributed by atoms with E-state index in [1.807, 2.05) is 0 Å². The highest BCUT2D eigenvalue weighted by Crippen LogP contribution is 2.18. The first-order valence-electron chi connectivity index (χ1n) is 6.35. The number of rotatable bonds is 6. The number of benzene rings is 1. The van der Waals surface area contributed by atoms with Gasteiger partial charge in [-0.2, -0.15) is 4.39 Å². The monoisotopic (exact) mass is 290 g/mol. The maximum Gasteiger partial charge on any atom is 0.231 e. The lowest BCUT2D eigenvalue weighted by Gasteiger charge is -2.08. The number of nitrogens with one attached hydrogen (secondary N) is 2. The molecule has 0 radical (unpaired) electrons. The average Bonchev–Trinajstić information content (AvgIpc) is 2.51. The second kappa shape index (κ2) is 7.18. The van der Waals surface area contributed by atoms with E-state index in [4.69, 9.17) is 4.74 Å². The lowest BCUT2D eigenvalue weighted by atomic mass is 10.3. The fraction of sp³-hybridized carbons (Fsp3) is 0.214. The van der Waals surface area contributed by atoms with E-state index in [-0.39, 0.29) is 5.91 Å². The third kappa shape index (κ3) is 4.72. The number of halogens is 1. The predicted octanol–water partition coefficient (Wildman–Crippen LogP) is 1.87. The van der Waals surface area contributed by atoms with Crippen LogP contribution >= 0.6 is 0 Å². The van der Waals surface area contributed by atoms with E-state index in [0.717, 1.165) is 11.9 Å². The normalized spacial score (nSPS) is 10.0. The Balaban J connectivity index is 1.86. The Morgan fingerprint density at radius 1 is 1.24 bits per heavy atom. The van der Waals surface area contributed by atoms with Crippen LogP contribution in [0.15, 0.2) is 36.7 Å². The minimum absolute atomic E-state index is 0.0665. The van der Waals surface area contributed by atoms with Gasteiger partial charge >= 0.3 is 0 Å². The summed E-state index contributed by atoms with van der Waals surface area (Å²) in [5.74, 6) is 0.419. The van der Waals surface area contributed by atoms with E-state index in [2.05, 4.69) is 20.6 Å². The second-order valence-electron chi connectivity index (χ2n) is 4.15. The predicted molar refractivity (Wildman–Crippen MR) is 75.9 cm³/mol. The third-order valence-electron chi connectivity index (χ3n) is 2.62. The summed E-state index contributed by atoms with van der Waals surface area (Å²) in [6.45, 7) is 0.315. The molecule has 0 saturated heterocycles. The minimum Gasteiger partial charge on any atom is -0.493 e. The molecule has 6 nitrogen and oxygen atoms in total. The zero-order valence-electron chi connectivity index (χ0n) is 11.5. The molecule has 0 atom stereocenters. The van der Waals surface area contributed by atoms with Crippen LogP contribution in [0.5, 0.6) is 5.75 Å². The lowest BCUT2D eigenvalue weighted by Crippen LogP contribution is -2.20.